The molecule has 2 aromatic carbocycles. The highest BCUT2D eigenvalue weighted by Crippen LogP contribution is 2.25. The summed E-state index contributed by atoms with van der Waals surface area (Å²) in [5.74, 6) is -0.0976. The van der Waals surface area contributed by atoms with Crippen molar-refractivity contribution in [3.8, 4) is 17.0 Å². The molecule has 0 bridgehead atoms. The third-order valence-corrected chi connectivity index (χ3v) is 2.85. The lowest BCUT2D eigenvalue weighted by Gasteiger charge is -2.04. The van der Waals surface area contributed by atoms with Crippen LogP contribution in [0.1, 0.15) is 0 Å². The molecule has 3 rings (SSSR count). The molecule has 0 aliphatic rings. The zero-order valence-electron chi connectivity index (χ0n) is 9.47. The van der Waals surface area contributed by atoms with Crippen molar-refractivity contribution in [1.82, 2.24) is 4.98 Å². The van der Waals surface area contributed by atoms with Gasteiger partial charge in [-0.2, -0.15) is 0 Å². The van der Waals surface area contributed by atoms with Crippen LogP contribution in [0, 0.1) is 5.82 Å². The highest BCUT2D eigenvalue weighted by Gasteiger charge is 2.02. The van der Waals surface area contributed by atoms with Crippen molar-refractivity contribution in [3.05, 3.63) is 60.5 Å². The fourth-order valence-corrected chi connectivity index (χ4v) is 1.94. The van der Waals surface area contributed by atoms with Crippen molar-refractivity contribution in [2.75, 3.05) is 0 Å². The standard InChI is InChI=1S/C15H10FNO/c16-13-4-6-15(17-9-13)12-2-1-11-8-14(18)5-3-10(11)7-12/h1-9,18H. The minimum absolute atomic E-state index is 0.246. The molecule has 3 heteroatoms. The second kappa shape index (κ2) is 4.11. The fraction of sp³-hybridized carbons (Fsp3) is 0. The maximum absolute atomic E-state index is 12.8. The number of phenols is 1. The van der Waals surface area contributed by atoms with Crippen molar-refractivity contribution in [1.29, 1.82) is 0 Å². The predicted octanol–water partition coefficient (Wildman–Crippen LogP) is 3.75. The third-order valence-electron chi connectivity index (χ3n) is 2.85. The van der Waals surface area contributed by atoms with E-state index in [1.807, 2.05) is 24.3 Å². The smallest absolute Gasteiger partial charge is 0.141 e. The third kappa shape index (κ3) is 1.91. The van der Waals surface area contributed by atoms with Gasteiger partial charge in [0.05, 0.1) is 11.9 Å². The van der Waals surface area contributed by atoms with Gasteiger partial charge >= 0.3 is 0 Å². The highest BCUT2D eigenvalue weighted by molar-refractivity contribution is 5.87. The molecule has 0 unspecified atom stereocenters. The van der Waals surface area contributed by atoms with Crippen molar-refractivity contribution >= 4 is 10.8 Å². The van der Waals surface area contributed by atoms with Crippen molar-refractivity contribution in [2.45, 2.75) is 0 Å². The number of aromatic nitrogens is 1. The lowest BCUT2D eigenvalue weighted by Crippen LogP contribution is -1.84. The molecule has 0 saturated carbocycles. The lowest BCUT2D eigenvalue weighted by atomic mass is 10.0. The zero-order valence-corrected chi connectivity index (χ0v) is 9.47. The van der Waals surface area contributed by atoms with Crippen LogP contribution < -0.4 is 0 Å². The molecule has 0 atom stereocenters. The van der Waals surface area contributed by atoms with E-state index in [1.165, 1.54) is 12.3 Å². The molecule has 0 amide bonds. The maximum atomic E-state index is 12.8. The minimum Gasteiger partial charge on any atom is -0.508 e. The van der Waals surface area contributed by atoms with Gasteiger partial charge in [0.2, 0.25) is 0 Å². The van der Waals surface area contributed by atoms with Crippen LogP contribution in [0.5, 0.6) is 5.75 Å². The summed E-state index contributed by atoms with van der Waals surface area (Å²) in [4.78, 5) is 4.05. The number of benzene rings is 2. The molecule has 0 fully saturated rings. The largest absolute Gasteiger partial charge is 0.508 e. The quantitative estimate of drug-likeness (QED) is 0.701. The van der Waals surface area contributed by atoms with Crippen molar-refractivity contribution in [3.63, 3.8) is 0 Å². The van der Waals surface area contributed by atoms with Gasteiger partial charge in [-0.05, 0) is 41.1 Å². The summed E-state index contributed by atoms with van der Waals surface area (Å²) in [7, 11) is 0. The number of phenolic OH excluding ortho intramolecular Hbond substituents is 1. The van der Waals surface area contributed by atoms with Gasteiger partial charge in [-0.25, -0.2) is 4.39 Å². The van der Waals surface area contributed by atoms with Gasteiger partial charge in [-0.3, -0.25) is 4.98 Å². The minimum atomic E-state index is -0.343. The molecule has 2 nitrogen and oxygen atoms in total. The molecular formula is C15H10FNO. The second-order valence-electron chi connectivity index (χ2n) is 4.11. The van der Waals surface area contributed by atoms with Gasteiger partial charge in [0.15, 0.2) is 0 Å². The molecule has 0 spiro atoms. The number of fused-ring (bicyclic) bond motifs is 1. The Bertz CT molecular complexity index is 707. The average Bonchev–Trinajstić information content (AvgIpc) is 2.39. The Hall–Kier alpha value is -2.42. The lowest BCUT2D eigenvalue weighted by molar-refractivity contribution is 0.476. The van der Waals surface area contributed by atoms with Crippen LogP contribution in [-0.2, 0) is 0 Å². The Morgan fingerprint density at radius 2 is 1.67 bits per heavy atom. The van der Waals surface area contributed by atoms with Gasteiger partial charge in [0, 0.05) is 5.56 Å². The van der Waals surface area contributed by atoms with Gasteiger partial charge in [0.1, 0.15) is 11.6 Å². The van der Waals surface area contributed by atoms with Crippen LogP contribution in [0.3, 0.4) is 0 Å². The Kier molecular flexibility index (Phi) is 2.45. The molecule has 1 aromatic heterocycles. The monoisotopic (exact) mass is 239 g/mol. The Labute approximate surface area is 103 Å². The first-order valence-electron chi connectivity index (χ1n) is 5.57. The number of halogens is 1. The molecule has 0 saturated heterocycles. The first-order chi connectivity index (χ1) is 8.72. The highest BCUT2D eigenvalue weighted by atomic mass is 19.1. The molecule has 0 aliphatic carbocycles. The summed E-state index contributed by atoms with van der Waals surface area (Å²) in [6.45, 7) is 0. The number of rotatable bonds is 1. The summed E-state index contributed by atoms with van der Waals surface area (Å²) in [5, 5.41) is 11.4. The Morgan fingerprint density at radius 3 is 2.44 bits per heavy atom. The van der Waals surface area contributed by atoms with Crippen LogP contribution in [0.25, 0.3) is 22.0 Å². The van der Waals surface area contributed by atoms with Crippen LogP contribution in [0.15, 0.2) is 54.7 Å². The Balaban J connectivity index is 2.13. The number of hydrogen-bond donors (Lipinski definition) is 1. The van der Waals surface area contributed by atoms with Crippen LogP contribution in [0.4, 0.5) is 4.39 Å². The Morgan fingerprint density at radius 1 is 0.889 bits per heavy atom. The predicted molar refractivity (Wildman–Crippen MR) is 68.8 cm³/mol. The molecule has 18 heavy (non-hydrogen) atoms. The van der Waals surface area contributed by atoms with E-state index in [9.17, 15) is 9.50 Å². The molecule has 3 aromatic rings. The number of hydrogen-bond acceptors (Lipinski definition) is 2. The van der Waals surface area contributed by atoms with E-state index >= 15 is 0 Å². The van der Waals surface area contributed by atoms with Crippen molar-refractivity contribution < 1.29 is 9.50 Å². The van der Waals surface area contributed by atoms with Crippen LogP contribution in [-0.4, -0.2) is 10.1 Å². The van der Waals surface area contributed by atoms with E-state index in [0.717, 1.165) is 22.0 Å². The summed E-state index contributed by atoms with van der Waals surface area (Å²) in [6, 6.07) is 14.0. The second-order valence-corrected chi connectivity index (χ2v) is 4.11. The topological polar surface area (TPSA) is 33.1 Å². The number of pyridine rings is 1. The average molecular weight is 239 g/mol. The van der Waals surface area contributed by atoms with Crippen molar-refractivity contribution in [2.24, 2.45) is 0 Å². The van der Waals surface area contributed by atoms with E-state index < -0.39 is 0 Å². The normalized spacial score (nSPS) is 10.7. The molecule has 0 radical (unpaired) electrons. The summed E-state index contributed by atoms with van der Waals surface area (Å²) >= 11 is 0. The molecule has 0 aliphatic heterocycles. The molecular weight excluding hydrogens is 229 g/mol. The van der Waals surface area contributed by atoms with E-state index in [-0.39, 0.29) is 11.6 Å². The number of nitrogens with zero attached hydrogens (tertiary/aromatic N) is 1. The molecule has 88 valence electrons. The van der Waals surface area contributed by atoms with E-state index in [1.54, 1.807) is 18.2 Å². The van der Waals surface area contributed by atoms with Gasteiger partial charge < -0.3 is 5.11 Å². The van der Waals surface area contributed by atoms with Gasteiger partial charge in [-0.1, -0.05) is 18.2 Å². The molecule has 1 N–H and O–H groups in total. The van der Waals surface area contributed by atoms with Crippen LogP contribution in [0.2, 0.25) is 0 Å². The summed E-state index contributed by atoms with van der Waals surface area (Å²) < 4.78 is 12.8. The van der Waals surface area contributed by atoms with E-state index in [4.69, 9.17) is 0 Å². The zero-order chi connectivity index (χ0) is 12.5. The van der Waals surface area contributed by atoms with E-state index in [0.29, 0.717) is 0 Å². The number of aromatic hydroxyl groups is 1. The van der Waals surface area contributed by atoms with Gasteiger partial charge in [-0.15, -0.1) is 0 Å². The summed E-state index contributed by atoms with van der Waals surface area (Å²) in [5.41, 5.74) is 1.65. The summed E-state index contributed by atoms with van der Waals surface area (Å²) in [6.07, 6.45) is 1.20. The first kappa shape index (κ1) is 10.7. The maximum Gasteiger partial charge on any atom is 0.141 e. The fourth-order valence-electron chi connectivity index (χ4n) is 1.94. The molecule has 1 heterocycles. The first-order valence-corrected chi connectivity index (χ1v) is 5.57. The van der Waals surface area contributed by atoms with Gasteiger partial charge in [0.25, 0.3) is 0 Å². The van der Waals surface area contributed by atoms with E-state index in [2.05, 4.69) is 4.98 Å². The SMILES string of the molecule is Oc1ccc2cc(-c3ccc(F)cn3)ccc2c1. The van der Waals surface area contributed by atoms with Crippen LogP contribution >= 0.6 is 0 Å².